The van der Waals surface area contributed by atoms with Gasteiger partial charge in [-0.15, -0.1) is 12.4 Å². The summed E-state index contributed by atoms with van der Waals surface area (Å²) < 4.78 is 25.3. The van der Waals surface area contributed by atoms with Crippen LogP contribution in [0.2, 0.25) is 0 Å². The van der Waals surface area contributed by atoms with Crippen molar-refractivity contribution in [3.05, 3.63) is 35.4 Å². The Morgan fingerprint density at radius 3 is 2.39 bits per heavy atom. The maximum atomic E-state index is 11.3. The van der Waals surface area contributed by atoms with Gasteiger partial charge in [-0.3, -0.25) is 4.90 Å². The van der Waals surface area contributed by atoms with Crippen molar-refractivity contribution in [1.29, 1.82) is 0 Å². The van der Waals surface area contributed by atoms with Crippen LogP contribution in [0, 0.1) is 12.3 Å². The van der Waals surface area contributed by atoms with E-state index in [1.54, 1.807) is 0 Å². The Kier molecular flexibility index (Phi) is 5.77. The van der Waals surface area contributed by atoms with E-state index < -0.39 is 10.0 Å². The Morgan fingerprint density at radius 2 is 1.83 bits per heavy atom. The molecule has 6 heteroatoms. The van der Waals surface area contributed by atoms with Crippen LogP contribution in [-0.4, -0.2) is 38.7 Å². The van der Waals surface area contributed by atoms with Crippen molar-refractivity contribution < 1.29 is 8.42 Å². The summed E-state index contributed by atoms with van der Waals surface area (Å²) in [7, 11) is -3.06. The summed E-state index contributed by atoms with van der Waals surface area (Å²) in [5.41, 5.74) is 3.18. The molecule has 4 nitrogen and oxygen atoms in total. The number of likely N-dealkylation sites (tertiary alicyclic amines) is 1. The van der Waals surface area contributed by atoms with Crippen molar-refractivity contribution in [2.75, 3.05) is 19.3 Å². The first-order valence-electron chi connectivity index (χ1n) is 8.09. The third kappa shape index (κ3) is 4.69. The molecule has 3 rings (SSSR count). The molecule has 1 saturated carbocycles. The van der Waals surface area contributed by atoms with Gasteiger partial charge in [-0.1, -0.05) is 24.3 Å². The second kappa shape index (κ2) is 7.09. The molecular weight excluding hydrogens is 332 g/mol. The van der Waals surface area contributed by atoms with Crippen LogP contribution >= 0.6 is 12.4 Å². The Bertz CT molecular complexity index is 632. The zero-order valence-electron chi connectivity index (χ0n) is 13.9. The summed E-state index contributed by atoms with van der Waals surface area (Å²) in [5, 5.41) is 0. The third-order valence-corrected chi connectivity index (χ3v) is 6.07. The lowest BCUT2D eigenvalue weighted by molar-refractivity contribution is 0.0106. The minimum Gasteiger partial charge on any atom is -0.299 e. The summed E-state index contributed by atoms with van der Waals surface area (Å²) in [6, 6.07) is 8.76. The van der Waals surface area contributed by atoms with E-state index >= 15 is 0 Å². The van der Waals surface area contributed by atoms with Crippen LogP contribution < -0.4 is 4.72 Å². The molecule has 23 heavy (non-hydrogen) atoms. The molecule has 0 atom stereocenters. The van der Waals surface area contributed by atoms with Gasteiger partial charge in [0.2, 0.25) is 10.0 Å². The number of aryl methyl sites for hydroxylation is 1. The minimum atomic E-state index is -3.06. The van der Waals surface area contributed by atoms with Crippen LogP contribution in [0.1, 0.15) is 36.8 Å². The van der Waals surface area contributed by atoms with Gasteiger partial charge >= 0.3 is 0 Å². The fraction of sp³-hybridized carbons (Fsp3) is 0.647. The Balaban J connectivity index is 0.00000192. The zero-order valence-corrected chi connectivity index (χ0v) is 15.5. The van der Waals surface area contributed by atoms with Crippen molar-refractivity contribution >= 4 is 22.4 Å². The van der Waals surface area contributed by atoms with Crippen molar-refractivity contribution in [1.82, 2.24) is 9.62 Å². The number of benzene rings is 1. The lowest BCUT2D eigenvalue weighted by Crippen LogP contribution is -2.54. The molecule has 130 valence electrons. The largest absolute Gasteiger partial charge is 0.299 e. The van der Waals surface area contributed by atoms with E-state index in [1.165, 1.54) is 30.2 Å². The van der Waals surface area contributed by atoms with E-state index in [0.717, 1.165) is 32.5 Å². The molecule has 1 aliphatic carbocycles. The number of hydrogen-bond donors (Lipinski definition) is 1. The van der Waals surface area contributed by atoms with Crippen molar-refractivity contribution in [2.24, 2.45) is 5.41 Å². The fourth-order valence-electron chi connectivity index (χ4n) is 3.99. The quantitative estimate of drug-likeness (QED) is 0.900. The molecule has 0 amide bonds. The van der Waals surface area contributed by atoms with Crippen LogP contribution in [0.4, 0.5) is 0 Å². The normalized spacial score (nSPS) is 21.7. The molecule has 0 unspecified atom stereocenters. The lowest BCUT2D eigenvalue weighted by atomic mass is 9.60. The summed E-state index contributed by atoms with van der Waals surface area (Å²) in [6.07, 6.45) is 5.67. The summed E-state index contributed by atoms with van der Waals surface area (Å²) in [6.45, 7) is 5.46. The maximum Gasteiger partial charge on any atom is 0.208 e. The number of rotatable bonds is 4. The van der Waals surface area contributed by atoms with Crippen molar-refractivity contribution in [2.45, 2.75) is 45.2 Å². The SMILES string of the molecule is Cc1ccccc1CN1CCC2(CC1)CC(NS(C)(=O)=O)C2.Cl. The van der Waals surface area contributed by atoms with Gasteiger partial charge in [0.15, 0.2) is 0 Å². The molecule has 2 fully saturated rings. The smallest absolute Gasteiger partial charge is 0.208 e. The van der Waals surface area contributed by atoms with Gasteiger partial charge in [0.25, 0.3) is 0 Å². The highest BCUT2D eigenvalue weighted by molar-refractivity contribution is 7.88. The van der Waals surface area contributed by atoms with Gasteiger partial charge in [0.1, 0.15) is 0 Å². The molecule has 0 bridgehead atoms. The summed E-state index contributed by atoms with van der Waals surface area (Å²) in [5.74, 6) is 0. The third-order valence-electron chi connectivity index (χ3n) is 5.31. The van der Waals surface area contributed by atoms with E-state index in [9.17, 15) is 8.42 Å². The predicted molar refractivity (Wildman–Crippen MR) is 96.4 cm³/mol. The Hall–Kier alpha value is -0.620. The predicted octanol–water partition coefficient (Wildman–Crippen LogP) is 2.71. The van der Waals surface area contributed by atoms with Crippen LogP contribution in [0.25, 0.3) is 0 Å². The highest BCUT2D eigenvalue weighted by atomic mass is 35.5. The van der Waals surface area contributed by atoms with Crippen LogP contribution in [0.5, 0.6) is 0 Å². The highest BCUT2D eigenvalue weighted by Gasteiger charge is 2.46. The molecule has 1 aromatic carbocycles. The monoisotopic (exact) mass is 358 g/mol. The number of nitrogens with zero attached hydrogens (tertiary/aromatic N) is 1. The molecule has 0 aromatic heterocycles. The minimum absolute atomic E-state index is 0. The topological polar surface area (TPSA) is 49.4 Å². The molecule has 0 radical (unpaired) electrons. The number of sulfonamides is 1. The van der Waals surface area contributed by atoms with Gasteiger partial charge in [-0.2, -0.15) is 0 Å². The summed E-state index contributed by atoms with van der Waals surface area (Å²) in [4.78, 5) is 2.53. The van der Waals surface area contributed by atoms with Gasteiger partial charge in [-0.25, -0.2) is 13.1 Å². The van der Waals surface area contributed by atoms with Crippen LogP contribution in [-0.2, 0) is 16.6 Å². The van der Waals surface area contributed by atoms with Crippen LogP contribution in [0.15, 0.2) is 24.3 Å². The van der Waals surface area contributed by atoms with E-state index in [2.05, 4.69) is 40.8 Å². The van der Waals surface area contributed by atoms with E-state index in [-0.39, 0.29) is 18.4 Å². The van der Waals surface area contributed by atoms with Crippen molar-refractivity contribution in [3.8, 4) is 0 Å². The Morgan fingerprint density at radius 1 is 1.22 bits per heavy atom. The molecule has 1 N–H and O–H groups in total. The lowest BCUT2D eigenvalue weighted by Gasteiger charge is -2.52. The van der Waals surface area contributed by atoms with Gasteiger partial charge in [0.05, 0.1) is 6.26 Å². The van der Waals surface area contributed by atoms with E-state index in [1.807, 2.05) is 0 Å². The molecule has 2 aliphatic rings. The molecule has 1 aliphatic heterocycles. The standard InChI is InChI=1S/C17H26N2O2S.ClH/c1-14-5-3-4-6-15(14)13-19-9-7-17(8-10-19)11-16(12-17)18-22(2,20)21;/h3-6,16,18H,7-13H2,1-2H3;1H. The molecule has 1 saturated heterocycles. The van der Waals surface area contributed by atoms with Gasteiger partial charge in [0, 0.05) is 12.6 Å². The van der Waals surface area contributed by atoms with Crippen molar-refractivity contribution in [3.63, 3.8) is 0 Å². The number of piperidine rings is 1. The average molecular weight is 359 g/mol. The van der Waals surface area contributed by atoms with Gasteiger partial charge < -0.3 is 0 Å². The van der Waals surface area contributed by atoms with E-state index in [4.69, 9.17) is 0 Å². The molecule has 1 heterocycles. The fourth-order valence-corrected chi connectivity index (χ4v) is 4.77. The summed E-state index contributed by atoms with van der Waals surface area (Å²) >= 11 is 0. The van der Waals surface area contributed by atoms with Gasteiger partial charge in [-0.05, 0) is 62.2 Å². The highest BCUT2D eigenvalue weighted by Crippen LogP contribution is 2.49. The van der Waals surface area contributed by atoms with Crippen LogP contribution in [0.3, 0.4) is 0 Å². The second-order valence-electron chi connectivity index (χ2n) is 7.20. The second-order valence-corrected chi connectivity index (χ2v) is 8.98. The molecule has 1 spiro atoms. The molecule has 1 aromatic rings. The first kappa shape index (κ1) is 18.7. The Labute approximate surface area is 146 Å². The first-order valence-corrected chi connectivity index (χ1v) is 9.99. The average Bonchev–Trinajstić information content (AvgIpc) is 2.40. The molecular formula is C17H27ClN2O2S. The maximum absolute atomic E-state index is 11.3. The zero-order chi connectivity index (χ0) is 15.8. The number of halogens is 1. The first-order chi connectivity index (χ1) is 10.4. The number of nitrogens with one attached hydrogen (secondary N) is 1. The van der Waals surface area contributed by atoms with E-state index in [0.29, 0.717) is 5.41 Å². The number of hydrogen-bond acceptors (Lipinski definition) is 3.